The molecule has 178 valence electrons. The largest absolute Gasteiger partial charge is 0.387 e. The van der Waals surface area contributed by atoms with Gasteiger partial charge in [0.05, 0.1) is 6.33 Å². The molecule has 1 amide bonds. The van der Waals surface area contributed by atoms with Gasteiger partial charge in [-0.1, -0.05) is 19.8 Å². The zero-order chi connectivity index (χ0) is 24.0. The highest BCUT2D eigenvalue weighted by atomic mass is 16.6. The number of nitrogen functional groups attached to an aromatic ring is 1. The minimum absolute atomic E-state index is 0.0124. The van der Waals surface area contributed by atoms with Crippen molar-refractivity contribution in [3.63, 3.8) is 0 Å². The molecule has 2 fully saturated rings. The number of nitrogens with two attached hydrogens (primary N) is 1. The van der Waals surface area contributed by atoms with Crippen LogP contribution in [-0.4, -0.2) is 71.2 Å². The maximum Gasteiger partial charge on any atom is 0.252 e. The minimum atomic E-state index is -1.43. The van der Waals surface area contributed by atoms with Crippen molar-refractivity contribution in [3.8, 4) is 11.8 Å². The Labute approximate surface area is 191 Å². The maximum absolute atomic E-state index is 12.2. The summed E-state index contributed by atoms with van der Waals surface area (Å²) in [5.41, 5.74) is 5.41. The number of anilines is 1. The summed E-state index contributed by atoms with van der Waals surface area (Å²) in [5.74, 6) is 5.39. The first kappa shape index (κ1) is 23.4. The van der Waals surface area contributed by atoms with E-state index in [9.17, 15) is 20.1 Å². The summed E-state index contributed by atoms with van der Waals surface area (Å²) in [7, 11) is 0. The molecule has 4 rings (SSSR count). The van der Waals surface area contributed by atoms with Crippen LogP contribution in [0.4, 0.5) is 5.82 Å². The summed E-state index contributed by atoms with van der Waals surface area (Å²) < 4.78 is 7.05. The SMILES string of the molecule is CCNC(=O)[C@H]1O[C@@H](n2cnc3c(N)nc(C#C[C@]4(O)CCCC(C)(C)C4)nc32)[C@@H](O)C1O. The summed E-state index contributed by atoms with van der Waals surface area (Å²) in [4.78, 5) is 25.0. The van der Waals surface area contributed by atoms with Crippen LogP contribution in [-0.2, 0) is 9.53 Å². The number of nitrogens with one attached hydrogen (secondary N) is 1. The molecule has 5 atom stereocenters. The first-order valence-electron chi connectivity index (χ1n) is 11.1. The molecule has 11 nitrogen and oxygen atoms in total. The average molecular weight is 459 g/mol. The fourth-order valence-corrected chi connectivity index (χ4v) is 4.67. The summed E-state index contributed by atoms with van der Waals surface area (Å²) in [6.07, 6.45) is -0.820. The van der Waals surface area contributed by atoms with Gasteiger partial charge in [0.15, 0.2) is 23.8 Å². The van der Waals surface area contributed by atoms with Crippen molar-refractivity contribution in [2.75, 3.05) is 12.3 Å². The third kappa shape index (κ3) is 4.52. The van der Waals surface area contributed by atoms with E-state index in [-0.39, 0.29) is 28.2 Å². The molecule has 1 unspecified atom stereocenters. The van der Waals surface area contributed by atoms with Crippen LogP contribution in [0.25, 0.3) is 11.2 Å². The highest BCUT2D eigenvalue weighted by Crippen LogP contribution is 2.40. The lowest BCUT2D eigenvalue weighted by Gasteiger charge is -2.38. The van der Waals surface area contributed by atoms with Crippen LogP contribution in [0, 0.1) is 17.3 Å². The smallest absolute Gasteiger partial charge is 0.252 e. The molecule has 1 aliphatic heterocycles. The number of carbonyl (C=O) groups is 1. The zero-order valence-corrected chi connectivity index (χ0v) is 18.9. The van der Waals surface area contributed by atoms with Crippen molar-refractivity contribution in [2.45, 2.75) is 76.6 Å². The third-order valence-corrected chi connectivity index (χ3v) is 6.19. The molecule has 33 heavy (non-hydrogen) atoms. The van der Waals surface area contributed by atoms with E-state index in [0.29, 0.717) is 19.4 Å². The van der Waals surface area contributed by atoms with Crippen molar-refractivity contribution in [2.24, 2.45) is 5.41 Å². The average Bonchev–Trinajstić information content (AvgIpc) is 3.27. The van der Waals surface area contributed by atoms with Gasteiger partial charge >= 0.3 is 0 Å². The fourth-order valence-electron chi connectivity index (χ4n) is 4.67. The van der Waals surface area contributed by atoms with Crippen molar-refractivity contribution in [3.05, 3.63) is 12.2 Å². The van der Waals surface area contributed by atoms with Gasteiger partial charge in [-0.3, -0.25) is 9.36 Å². The van der Waals surface area contributed by atoms with E-state index in [2.05, 4.69) is 46.0 Å². The molecule has 0 aromatic carbocycles. The van der Waals surface area contributed by atoms with Gasteiger partial charge in [0, 0.05) is 6.54 Å². The Morgan fingerprint density at radius 3 is 2.79 bits per heavy atom. The standard InChI is InChI=1S/C22H30N6O5/c1-4-24-19(31)16-14(29)15(30)20(33-16)28-11-25-13-17(23)26-12(27-18(13)28)6-9-22(32)8-5-7-21(2,3)10-22/h11,14-16,20,29-30,32H,4-5,7-8,10H2,1-3H3,(H,24,31)(H2,23,26,27)/t14?,15-,16-,20+,22+/m0/s1. The van der Waals surface area contributed by atoms with Crippen LogP contribution >= 0.6 is 0 Å². The molecule has 2 aromatic heterocycles. The number of likely N-dealkylation sites (N-methyl/N-ethyl adjacent to an activating group) is 1. The lowest BCUT2D eigenvalue weighted by molar-refractivity contribution is -0.137. The lowest BCUT2D eigenvalue weighted by Crippen LogP contribution is -2.42. The summed E-state index contributed by atoms with van der Waals surface area (Å²) >= 11 is 0. The third-order valence-electron chi connectivity index (χ3n) is 6.19. The van der Waals surface area contributed by atoms with Gasteiger partial charge in [0.1, 0.15) is 23.3 Å². The molecule has 1 saturated carbocycles. The van der Waals surface area contributed by atoms with E-state index in [1.165, 1.54) is 10.9 Å². The van der Waals surface area contributed by atoms with Crippen LogP contribution in [0.3, 0.4) is 0 Å². The van der Waals surface area contributed by atoms with E-state index in [0.717, 1.165) is 12.8 Å². The number of aromatic nitrogens is 4. The highest BCUT2D eigenvalue weighted by molar-refractivity contribution is 5.83. The van der Waals surface area contributed by atoms with E-state index >= 15 is 0 Å². The Hall–Kier alpha value is -2.78. The van der Waals surface area contributed by atoms with Gasteiger partial charge in [0.2, 0.25) is 5.82 Å². The first-order valence-corrected chi connectivity index (χ1v) is 11.1. The van der Waals surface area contributed by atoms with Crippen LogP contribution in [0.1, 0.15) is 58.5 Å². The first-order chi connectivity index (χ1) is 15.5. The van der Waals surface area contributed by atoms with Gasteiger partial charge in [-0.2, -0.15) is 0 Å². The van der Waals surface area contributed by atoms with Crippen LogP contribution in [0.5, 0.6) is 0 Å². The van der Waals surface area contributed by atoms with E-state index < -0.39 is 36.0 Å². The van der Waals surface area contributed by atoms with Crippen LogP contribution in [0.2, 0.25) is 0 Å². The molecule has 0 bridgehead atoms. The van der Waals surface area contributed by atoms with Gasteiger partial charge in [0.25, 0.3) is 5.91 Å². The topological polar surface area (TPSA) is 169 Å². The molecule has 1 aliphatic carbocycles. The Morgan fingerprint density at radius 1 is 1.33 bits per heavy atom. The predicted molar refractivity (Wildman–Crippen MR) is 118 cm³/mol. The quantitative estimate of drug-likeness (QED) is 0.393. The van der Waals surface area contributed by atoms with Gasteiger partial charge in [-0.25, -0.2) is 15.0 Å². The Bertz CT molecular complexity index is 1120. The van der Waals surface area contributed by atoms with Crippen molar-refractivity contribution in [1.82, 2.24) is 24.8 Å². The fraction of sp³-hybridized carbons (Fsp3) is 0.636. The highest BCUT2D eigenvalue weighted by Gasteiger charge is 2.47. The number of fused-ring (bicyclic) bond motifs is 1. The molecule has 11 heteroatoms. The van der Waals surface area contributed by atoms with Crippen LogP contribution in [0.15, 0.2) is 6.33 Å². The number of nitrogens with zero attached hydrogens (tertiary/aromatic N) is 4. The summed E-state index contributed by atoms with van der Waals surface area (Å²) in [5, 5.41) is 34.4. The number of hydrogen-bond acceptors (Lipinski definition) is 9. The second-order valence-corrected chi connectivity index (χ2v) is 9.56. The second-order valence-electron chi connectivity index (χ2n) is 9.56. The molecule has 6 N–H and O–H groups in total. The summed E-state index contributed by atoms with van der Waals surface area (Å²) in [6, 6.07) is 0. The number of amides is 1. The molecule has 2 aromatic rings. The number of ether oxygens (including phenoxy) is 1. The van der Waals surface area contributed by atoms with E-state index in [4.69, 9.17) is 10.5 Å². The number of hydrogen-bond donors (Lipinski definition) is 5. The van der Waals surface area contributed by atoms with Gasteiger partial charge < -0.3 is 31.1 Å². The van der Waals surface area contributed by atoms with Gasteiger partial charge in [-0.15, -0.1) is 0 Å². The number of aliphatic hydroxyl groups excluding tert-OH is 2. The van der Waals surface area contributed by atoms with Crippen molar-refractivity contribution in [1.29, 1.82) is 0 Å². The Morgan fingerprint density at radius 2 is 2.09 bits per heavy atom. The normalized spacial score (nSPS) is 31.2. The van der Waals surface area contributed by atoms with Crippen molar-refractivity contribution < 1.29 is 24.9 Å². The molecular weight excluding hydrogens is 428 g/mol. The number of rotatable bonds is 3. The number of carbonyl (C=O) groups excluding carboxylic acids is 1. The molecule has 1 saturated heterocycles. The second kappa shape index (κ2) is 8.53. The Balaban J connectivity index is 1.66. The zero-order valence-electron chi connectivity index (χ0n) is 18.9. The maximum atomic E-state index is 12.2. The molecule has 0 spiro atoms. The molecule has 0 radical (unpaired) electrons. The molecule has 2 aliphatic rings. The van der Waals surface area contributed by atoms with E-state index in [1.807, 2.05) is 0 Å². The summed E-state index contributed by atoms with van der Waals surface area (Å²) in [6.45, 7) is 6.31. The number of aliphatic hydroxyl groups is 3. The minimum Gasteiger partial charge on any atom is -0.387 e. The van der Waals surface area contributed by atoms with Crippen LogP contribution < -0.4 is 11.1 Å². The lowest BCUT2D eigenvalue weighted by atomic mass is 9.70. The van der Waals surface area contributed by atoms with Gasteiger partial charge in [-0.05, 0) is 43.9 Å². The predicted octanol–water partition coefficient (Wildman–Crippen LogP) is -0.153. The molecule has 3 heterocycles. The van der Waals surface area contributed by atoms with Crippen molar-refractivity contribution >= 4 is 22.9 Å². The van der Waals surface area contributed by atoms with E-state index in [1.54, 1.807) is 6.92 Å². The monoisotopic (exact) mass is 458 g/mol. The molecular formula is C22H30N6O5. The number of imidazole rings is 1. The Kier molecular flexibility index (Phi) is 6.05.